The largest absolute Gasteiger partial charge is 0.464 e. The number of hydrogen-bond acceptors (Lipinski definition) is 5. The fraction of sp³-hybridized carbons (Fsp3) is 0.500. The fourth-order valence-corrected chi connectivity index (χ4v) is 1.73. The number of aromatic nitrogens is 3. The maximum Gasteiger partial charge on any atom is 0.360 e. The van der Waals surface area contributed by atoms with Crippen molar-refractivity contribution in [2.75, 3.05) is 7.11 Å². The number of rotatable bonds is 3. The third kappa shape index (κ3) is 2.74. The van der Waals surface area contributed by atoms with Crippen LogP contribution in [0.1, 0.15) is 55.7 Å². The van der Waals surface area contributed by atoms with Crippen LogP contribution in [0.5, 0.6) is 0 Å². The van der Waals surface area contributed by atoms with Gasteiger partial charge in [-0.05, 0) is 17.9 Å². The molecule has 0 N–H and O–H groups in total. The molecule has 108 valence electrons. The number of carbonyl (C=O) groups excluding carboxylic acids is 1. The molecule has 6 heteroatoms. The summed E-state index contributed by atoms with van der Waals surface area (Å²) in [5, 5.41) is 4.33. The van der Waals surface area contributed by atoms with Gasteiger partial charge in [-0.15, -0.1) is 0 Å². The molecule has 1 atom stereocenters. The lowest BCUT2D eigenvalue weighted by molar-refractivity contribution is 0.0594. The lowest BCUT2D eigenvalue weighted by Crippen LogP contribution is -2.11. The molecule has 0 aliphatic rings. The zero-order chi connectivity index (χ0) is 14.9. The molecule has 20 heavy (non-hydrogen) atoms. The molecule has 0 saturated carbocycles. The Kier molecular flexibility index (Phi) is 3.65. The van der Waals surface area contributed by atoms with Crippen LogP contribution in [0.3, 0.4) is 0 Å². The summed E-state index contributed by atoms with van der Waals surface area (Å²) in [5.74, 6) is -0.0861. The van der Waals surface area contributed by atoms with E-state index in [2.05, 4.69) is 35.6 Å². The van der Waals surface area contributed by atoms with E-state index in [9.17, 15) is 4.79 Å². The second-order valence-corrected chi connectivity index (χ2v) is 5.70. The first-order valence-electron chi connectivity index (χ1n) is 6.41. The van der Waals surface area contributed by atoms with Crippen molar-refractivity contribution in [1.29, 1.82) is 0 Å². The summed E-state index contributed by atoms with van der Waals surface area (Å²) in [6, 6.07) is -0.190. The molecule has 0 amide bonds. The van der Waals surface area contributed by atoms with E-state index in [1.165, 1.54) is 13.4 Å². The quantitative estimate of drug-likeness (QED) is 0.806. The van der Waals surface area contributed by atoms with Crippen molar-refractivity contribution in [2.24, 2.45) is 0 Å². The molecular weight excluding hydrogens is 258 g/mol. The minimum Gasteiger partial charge on any atom is -0.464 e. The molecule has 0 spiro atoms. The molecule has 0 saturated heterocycles. The topological polar surface area (TPSA) is 70.2 Å². The van der Waals surface area contributed by atoms with Crippen molar-refractivity contribution < 1.29 is 13.9 Å². The van der Waals surface area contributed by atoms with Gasteiger partial charge < -0.3 is 9.15 Å². The highest BCUT2D eigenvalue weighted by atomic mass is 16.5. The Morgan fingerprint density at radius 2 is 2.15 bits per heavy atom. The number of esters is 1. The second-order valence-electron chi connectivity index (χ2n) is 5.70. The summed E-state index contributed by atoms with van der Waals surface area (Å²) in [6.07, 6.45) is 5.10. The Labute approximate surface area is 117 Å². The number of carbonyl (C=O) groups is 1. The highest BCUT2D eigenvalue weighted by Crippen LogP contribution is 2.24. The number of nitrogens with zero attached hydrogens (tertiary/aromatic N) is 3. The van der Waals surface area contributed by atoms with Gasteiger partial charge in [-0.3, -0.25) is 4.68 Å². The van der Waals surface area contributed by atoms with Crippen LogP contribution in [0.4, 0.5) is 0 Å². The number of hydrogen-bond donors (Lipinski definition) is 0. The smallest absolute Gasteiger partial charge is 0.360 e. The highest BCUT2D eigenvalue weighted by molar-refractivity contribution is 5.86. The van der Waals surface area contributed by atoms with Crippen LogP contribution in [0, 0.1) is 0 Å². The minimum atomic E-state index is -0.511. The van der Waals surface area contributed by atoms with E-state index in [4.69, 9.17) is 4.42 Å². The normalized spacial score (nSPS) is 13.2. The van der Waals surface area contributed by atoms with Crippen LogP contribution in [-0.4, -0.2) is 27.8 Å². The average molecular weight is 277 g/mol. The van der Waals surface area contributed by atoms with Gasteiger partial charge in [-0.25, -0.2) is 9.78 Å². The van der Waals surface area contributed by atoms with E-state index in [1.54, 1.807) is 4.68 Å². The van der Waals surface area contributed by atoms with Crippen LogP contribution >= 0.6 is 0 Å². The standard InChI is InChI=1S/C14H19N3O3/c1-9(12-16-11(8-20-12)13(18)19-5)17-7-10(6-15-17)14(2,3)4/h6-9H,1-5H3. The molecular formula is C14H19N3O3. The van der Waals surface area contributed by atoms with Crippen molar-refractivity contribution in [1.82, 2.24) is 14.8 Å². The minimum absolute atomic E-state index is 0.0335. The van der Waals surface area contributed by atoms with Gasteiger partial charge in [0.1, 0.15) is 12.3 Å². The van der Waals surface area contributed by atoms with Crippen molar-refractivity contribution in [2.45, 2.75) is 39.2 Å². The van der Waals surface area contributed by atoms with E-state index in [0.717, 1.165) is 5.56 Å². The predicted molar refractivity (Wildman–Crippen MR) is 72.6 cm³/mol. The predicted octanol–water partition coefficient (Wildman–Crippen LogP) is 2.56. The van der Waals surface area contributed by atoms with Gasteiger partial charge in [-0.2, -0.15) is 5.10 Å². The maximum atomic E-state index is 11.4. The zero-order valence-electron chi connectivity index (χ0n) is 12.4. The van der Waals surface area contributed by atoms with Crippen molar-refractivity contribution in [3.05, 3.63) is 35.8 Å². The third-order valence-corrected chi connectivity index (χ3v) is 3.14. The van der Waals surface area contributed by atoms with Crippen LogP contribution < -0.4 is 0 Å². The fourth-order valence-electron chi connectivity index (χ4n) is 1.73. The summed E-state index contributed by atoms with van der Waals surface area (Å²) >= 11 is 0. The van der Waals surface area contributed by atoms with Gasteiger partial charge in [0.25, 0.3) is 0 Å². The van der Waals surface area contributed by atoms with Gasteiger partial charge in [0.15, 0.2) is 5.69 Å². The molecule has 2 aromatic rings. The first kappa shape index (κ1) is 14.3. The monoisotopic (exact) mass is 277 g/mol. The molecule has 0 aliphatic heterocycles. The van der Waals surface area contributed by atoms with Crippen molar-refractivity contribution in [3.63, 3.8) is 0 Å². The number of methoxy groups -OCH3 is 1. The maximum absolute atomic E-state index is 11.4. The molecule has 6 nitrogen and oxygen atoms in total. The van der Waals surface area contributed by atoms with Crippen LogP contribution in [-0.2, 0) is 10.2 Å². The summed E-state index contributed by atoms with van der Waals surface area (Å²) < 4.78 is 11.7. The lowest BCUT2D eigenvalue weighted by Gasteiger charge is -2.15. The molecule has 2 rings (SSSR count). The van der Waals surface area contributed by atoms with Gasteiger partial charge in [-0.1, -0.05) is 20.8 Å². The van der Waals surface area contributed by atoms with Gasteiger partial charge >= 0.3 is 5.97 Å². The molecule has 1 unspecified atom stereocenters. The van der Waals surface area contributed by atoms with Crippen LogP contribution in [0.15, 0.2) is 23.1 Å². The average Bonchev–Trinajstić information content (AvgIpc) is 3.05. The second kappa shape index (κ2) is 5.11. The molecule has 2 heterocycles. The van der Waals surface area contributed by atoms with Gasteiger partial charge in [0.05, 0.1) is 13.3 Å². The zero-order valence-corrected chi connectivity index (χ0v) is 12.4. The van der Waals surface area contributed by atoms with E-state index >= 15 is 0 Å². The Bertz CT molecular complexity index is 607. The van der Waals surface area contributed by atoms with Crippen molar-refractivity contribution >= 4 is 5.97 Å². The Morgan fingerprint density at radius 1 is 1.45 bits per heavy atom. The van der Waals surface area contributed by atoms with Gasteiger partial charge in [0.2, 0.25) is 5.89 Å². The molecule has 0 bridgehead atoms. The molecule has 2 aromatic heterocycles. The SMILES string of the molecule is COC(=O)c1coc(C(C)n2cc(C(C)(C)C)cn2)n1. The van der Waals surface area contributed by atoms with Crippen LogP contribution in [0.25, 0.3) is 0 Å². The summed E-state index contributed by atoms with van der Waals surface area (Å²) in [7, 11) is 1.31. The lowest BCUT2D eigenvalue weighted by atomic mass is 9.90. The summed E-state index contributed by atoms with van der Waals surface area (Å²) in [6.45, 7) is 8.28. The molecule has 0 radical (unpaired) electrons. The van der Waals surface area contributed by atoms with Gasteiger partial charge in [0, 0.05) is 6.20 Å². The summed E-state index contributed by atoms with van der Waals surface area (Å²) in [4.78, 5) is 15.5. The van der Waals surface area contributed by atoms with E-state index < -0.39 is 5.97 Å². The first-order valence-corrected chi connectivity index (χ1v) is 6.41. The van der Waals surface area contributed by atoms with E-state index in [1.807, 2.05) is 19.3 Å². The van der Waals surface area contributed by atoms with Crippen LogP contribution in [0.2, 0.25) is 0 Å². The molecule has 0 aromatic carbocycles. The van der Waals surface area contributed by atoms with E-state index in [0.29, 0.717) is 5.89 Å². The Balaban J connectivity index is 2.23. The molecule has 0 fully saturated rings. The highest BCUT2D eigenvalue weighted by Gasteiger charge is 2.21. The Hall–Kier alpha value is -2.11. The molecule has 0 aliphatic carbocycles. The number of oxazole rings is 1. The van der Waals surface area contributed by atoms with E-state index in [-0.39, 0.29) is 17.2 Å². The third-order valence-electron chi connectivity index (χ3n) is 3.14. The summed E-state index contributed by atoms with van der Waals surface area (Å²) in [5.41, 5.74) is 1.33. The Morgan fingerprint density at radius 3 is 2.70 bits per heavy atom. The first-order chi connectivity index (χ1) is 9.32. The number of ether oxygens (including phenoxy) is 1. The van der Waals surface area contributed by atoms with Crippen molar-refractivity contribution in [3.8, 4) is 0 Å².